The van der Waals surface area contributed by atoms with Gasteiger partial charge in [-0.15, -0.1) is 0 Å². The predicted octanol–water partition coefficient (Wildman–Crippen LogP) is 3.52. The van der Waals surface area contributed by atoms with Crippen molar-refractivity contribution >= 4 is 12.6 Å². The van der Waals surface area contributed by atoms with Crippen LogP contribution in [0, 0.1) is 11.3 Å². The second-order valence-corrected chi connectivity index (χ2v) is 4.34. The molecule has 1 heteroatoms. The molecule has 66 valence electrons. The SMILES string of the molecule is CCC1CCC(CC)(CS)C1. The first-order chi connectivity index (χ1) is 5.26. The van der Waals surface area contributed by atoms with Crippen LogP contribution in [-0.4, -0.2) is 5.75 Å². The highest BCUT2D eigenvalue weighted by Gasteiger charge is 2.35. The summed E-state index contributed by atoms with van der Waals surface area (Å²) in [5, 5.41) is 0. The van der Waals surface area contributed by atoms with Crippen LogP contribution >= 0.6 is 12.6 Å². The Morgan fingerprint density at radius 1 is 1.45 bits per heavy atom. The summed E-state index contributed by atoms with van der Waals surface area (Å²) in [6.45, 7) is 4.63. The zero-order chi connectivity index (χ0) is 8.32. The summed E-state index contributed by atoms with van der Waals surface area (Å²) in [5.41, 5.74) is 0.615. The highest BCUT2D eigenvalue weighted by Crippen LogP contribution is 2.45. The van der Waals surface area contributed by atoms with Crippen LogP contribution in [0.1, 0.15) is 46.0 Å². The molecule has 0 aliphatic heterocycles. The molecule has 1 rings (SSSR count). The van der Waals surface area contributed by atoms with E-state index >= 15 is 0 Å². The van der Waals surface area contributed by atoms with Crippen molar-refractivity contribution in [2.75, 3.05) is 5.75 Å². The van der Waals surface area contributed by atoms with E-state index in [9.17, 15) is 0 Å². The molecule has 0 spiro atoms. The summed E-state index contributed by atoms with van der Waals surface area (Å²) in [6.07, 6.45) is 7.00. The maximum absolute atomic E-state index is 4.46. The summed E-state index contributed by atoms with van der Waals surface area (Å²) in [7, 11) is 0. The summed E-state index contributed by atoms with van der Waals surface area (Å²) < 4.78 is 0. The van der Waals surface area contributed by atoms with Crippen LogP contribution in [0.5, 0.6) is 0 Å². The van der Waals surface area contributed by atoms with E-state index < -0.39 is 0 Å². The van der Waals surface area contributed by atoms with E-state index in [-0.39, 0.29) is 0 Å². The van der Waals surface area contributed by atoms with E-state index in [4.69, 9.17) is 0 Å². The molecule has 0 aromatic rings. The van der Waals surface area contributed by atoms with Crippen LogP contribution in [0.3, 0.4) is 0 Å². The van der Waals surface area contributed by atoms with Gasteiger partial charge in [-0.2, -0.15) is 12.6 Å². The van der Waals surface area contributed by atoms with Crippen molar-refractivity contribution in [3.63, 3.8) is 0 Å². The molecule has 1 saturated carbocycles. The minimum atomic E-state index is 0.615. The van der Waals surface area contributed by atoms with Crippen LogP contribution in [-0.2, 0) is 0 Å². The van der Waals surface area contributed by atoms with Gasteiger partial charge in [0.2, 0.25) is 0 Å². The average molecular weight is 172 g/mol. The number of thiol groups is 1. The first-order valence-corrected chi connectivity index (χ1v) is 5.50. The quantitative estimate of drug-likeness (QED) is 0.619. The van der Waals surface area contributed by atoms with Crippen molar-refractivity contribution in [2.45, 2.75) is 46.0 Å². The molecule has 0 aromatic carbocycles. The predicted molar refractivity (Wildman–Crippen MR) is 54.2 cm³/mol. The molecular formula is C10H20S. The summed E-state index contributed by atoms with van der Waals surface area (Å²) in [5.74, 6) is 2.10. The third kappa shape index (κ3) is 1.93. The van der Waals surface area contributed by atoms with Crippen molar-refractivity contribution in [1.82, 2.24) is 0 Å². The van der Waals surface area contributed by atoms with Gasteiger partial charge in [0.05, 0.1) is 0 Å². The van der Waals surface area contributed by atoms with Crippen molar-refractivity contribution in [2.24, 2.45) is 11.3 Å². The largest absolute Gasteiger partial charge is 0.179 e. The molecule has 0 heterocycles. The average Bonchev–Trinajstić information content (AvgIpc) is 2.49. The second kappa shape index (κ2) is 3.84. The lowest BCUT2D eigenvalue weighted by molar-refractivity contribution is 0.315. The van der Waals surface area contributed by atoms with Crippen molar-refractivity contribution < 1.29 is 0 Å². The Kier molecular flexibility index (Phi) is 3.29. The molecule has 0 N–H and O–H groups in total. The fraction of sp³-hybridized carbons (Fsp3) is 1.00. The molecule has 0 radical (unpaired) electrons. The van der Waals surface area contributed by atoms with Gasteiger partial charge in [0.25, 0.3) is 0 Å². The molecule has 0 saturated heterocycles. The van der Waals surface area contributed by atoms with Crippen LogP contribution in [0.25, 0.3) is 0 Å². The second-order valence-electron chi connectivity index (χ2n) is 4.03. The van der Waals surface area contributed by atoms with Gasteiger partial charge in [0.1, 0.15) is 0 Å². The van der Waals surface area contributed by atoms with Crippen molar-refractivity contribution in [3.05, 3.63) is 0 Å². The van der Waals surface area contributed by atoms with E-state index in [0.29, 0.717) is 5.41 Å². The Labute approximate surface area is 76.2 Å². The van der Waals surface area contributed by atoms with Crippen LogP contribution < -0.4 is 0 Å². The summed E-state index contributed by atoms with van der Waals surface area (Å²) >= 11 is 4.46. The van der Waals surface area contributed by atoms with Gasteiger partial charge in [0, 0.05) is 0 Å². The fourth-order valence-corrected chi connectivity index (χ4v) is 2.76. The van der Waals surface area contributed by atoms with Gasteiger partial charge in [-0.1, -0.05) is 20.3 Å². The third-order valence-electron chi connectivity index (χ3n) is 3.47. The van der Waals surface area contributed by atoms with Gasteiger partial charge in [-0.25, -0.2) is 0 Å². The van der Waals surface area contributed by atoms with E-state index in [0.717, 1.165) is 11.7 Å². The number of hydrogen-bond acceptors (Lipinski definition) is 1. The van der Waals surface area contributed by atoms with Crippen LogP contribution in [0.4, 0.5) is 0 Å². The van der Waals surface area contributed by atoms with Crippen LogP contribution in [0.15, 0.2) is 0 Å². The van der Waals surface area contributed by atoms with Crippen molar-refractivity contribution in [3.8, 4) is 0 Å². The highest BCUT2D eigenvalue weighted by molar-refractivity contribution is 7.80. The molecule has 1 fully saturated rings. The number of rotatable bonds is 3. The minimum Gasteiger partial charge on any atom is -0.179 e. The van der Waals surface area contributed by atoms with E-state index in [1.807, 2.05) is 0 Å². The zero-order valence-electron chi connectivity index (χ0n) is 7.77. The molecule has 0 aromatic heterocycles. The van der Waals surface area contributed by atoms with E-state index in [1.54, 1.807) is 0 Å². The molecule has 0 nitrogen and oxygen atoms in total. The molecule has 2 unspecified atom stereocenters. The highest BCUT2D eigenvalue weighted by atomic mass is 32.1. The molecular weight excluding hydrogens is 152 g/mol. The molecule has 1 aliphatic carbocycles. The Bertz CT molecular complexity index is 116. The monoisotopic (exact) mass is 172 g/mol. The van der Waals surface area contributed by atoms with E-state index in [2.05, 4.69) is 26.5 Å². The number of hydrogen-bond donors (Lipinski definition) is 1. The van der Waals surface area contributed by atoms with Gasteiger partial charge < -0.3 is 0 Å². The lowest BCUT2D eigenvalue weighted by Crippen LogP contribution is -2.17. The zero-order valence-corrected chi connectivity index (χ0v) is 8.66. The van der Waals surface area contributed by atoms with Gasteiger partial charge in [-0.3, -0.25) is 0 Å². The minimum absolute atomic E-state index is 0.615. The maximum Gasteiger partial charge on any atom is -0.00412 e. The first kappa shape index (κ1) is 9.44. The topological polar surface area (TPSA) is 0 Å². The third-order valence-corrected chi connectivity index (χ3v) is 4.14. The lowest BCUT2D eigenvalue weighted by Gasteiger charge is -2.25. The fourth-order valence-electron chi connectivity index (χ4n) is 2.25. The summed E-state index contributed by atoms with van der Waals surface area (Å²) in [4.78, 5) is 0. The van der Waals surface area contributed by atoms with E-state index in [1.165, 1.54) is 32.1 Å². The van der Waals surface area contributed by atoms with Crippen LogP contribution in [0.2, 0.25) is 0 Å². The van der Waals surface area contributed by atoms with Gasteiger partial charge in [-0.05, 0) is 42.8 Å². The molecule has 1 aliphatic rings. The molecule has 0 amide bonds. The van der Waals surface area contributed by atoms with Gasteiger partial charge in [0.15, 0.2) is 0 Å². The maximum atomic E-state index is 4.46. The standard InChI is InChI=1S/C10H20S/c1-3-9-5-6-10(4-2,7-9)8-11/h9,11H,3-8H2,1-2H3. The summed E-state index contributed by atoms with van der Waals surface area (Å²) in [6, 6.07) is 0. The Morgan fingerprint density at radius 2 is 2.18 bits per heavy atom. The molecule has 11 heavy (non-hydrogen) atoms. The Balaban J connectivity index is 2.48. The first-order valence-electron chi connectivity index (χ1n) is 4.87. The van der Waals surface area contributed by atoms with Gasteiger partial charge >= 0.3 is 0 Å². The molecule has 2 atom stereocenters. The lowest BCUT2D eigenvalue weighted by atomic mass is 9.84. The Morgan fingerprint density at radius 3 is 2.45 bits per heavy atom. The smallest absolute Gasteiger partial charge is 0.00412 e. The Hall–Kier alpha value is 0.350. The van der Waals surface area contributed by atoms with Crippen molar-refractivity contribution in [1.29, 1.82) is 0 Å². The molecule has 0 bridgehead atoms. The normalized spacial score (nSPS) is 37.9.